The van der Waals surface area contributed by atoms with Gasteiger partial charge in [0.15, 0.2) is 0 Å². The minimum absolute atomic E-state index is 0.314. The predicted molar refractivity (Wildman–Crippen MR) is 62.6 cm³/mol. The van der Waals surface area contributed by atoms with Gasteiger partial charge in [0.2, 0.25) is 0 Å². The average molecular weight is 198 g/mol. The van der Waals surface area contributed by atoms with E-state index in [-0.39, 0.29) is 0 Å². The van der Waals surface area contributed by atoms with Crippen LogP contribution >= 0.6 is 0 Å². The van der Waals surface area contributed by atoms with Crippen molar-refractivity contribution < 1.29 is 0 Å². The lowest BCUT2D eigenvalue weighted by atomic mass is 9.77. The first kappa shape index (κ1) is 12.0. The molecule has 0 aliphatic carbocycles. The van der Waals surface area contributed by atoms with E-state index in [9.17, 15) is 0 Å². The molecule has 0 unspecified atom stereocenters. The highest BCUT2D eigenvalue weighted by Gasteiger charge is 2.42. The quantitative estimate of drug-likeness (QED) is 0.732. The Kier molecular flexibility index (Phi) is 3.27. The fraction of sp³-hybridized carbons (Fsp3) is 1.00. The molecule has 0 aromatic heterocycles. The molecule has 1 fully saturated rings. The minimum Gasteiger partial charge on any atom is -0.314 e. The molecule has 0 saturated carbocycles. The molecule has 1 saturated heterocycles. The number of rotatable bonds is 2. The summed E-state index contributed by atoms with van der Waals surface area (Å²) in [7, 11) is 2.25. The van der Waals surface area contributed by atoms with E-state index in [1.165, 1.54) is 12.8 Å². The summed E-state index contributed by atoms with van der Waals surface area (Å²) in [4.78, 5) is 2.52. The van der Waals surface area contributed by atoms with Gasteiger partial charge in [-0.25, -0.2) is 0 Å². The van der Waals surface area contributed by atoms with Crippen molar-refractivity contribution in [2.75, 3.05) is 13.6 Å². The maximum absolute atomic E-state index is 3.59. The van der Waals surface area contributed by atoms with Crippen molar-refractivity contribution >= 4 is 0 Å². The molecule has 1 aliphatic rings. The van der Waals surface area contributed by atoms with Crippen molar-refractivity contribution in [2.45, 2.75) is 64.6 Å². The van der Waals surface area contributed by atoms with Crippen LogP contribution in [-0.2, 0) is 0 Å². The van der Waals surface area contributed by atoms with Gasteiger partial charge < -0.3 is 5.32 Å². The largest absolute Gasteiger partial charge is 0.314 e. The van der Waals surface area contributed by atoms with Gasteiger partial charge in [0.1, 0.15) is 0 Å². The van der Waals surface area contributed by atoms with E-state index >= 15 is 0 Å². The van der Waals surface area contributed by atoms with E-state index in [0.717, 1.165) is 6.54 Å². The zero-order valence-electron chi connectivity index (χ0n) is 10.6. The lowest BCUT2D eigenvalue weighted by Crippen LogP contribution is -2.62. The topological polar surface area (TPSA) is 15.3 Å². The van der Waals surface area contributed by atoms with Gasteiger partial charge in [0.05, 0.1) is 0 Å². The Morgan fingerprint density at radius 1 is 1.14 bits per heavy atom. The summed E-state index contributed by atoms with van der Waals surface area (Å²) < 4.78 is 0. The third-order valence-corrected chi connectivity index (χ3v) is 3.80. The zero-order valence-corrected chi connectivity index (χ0v) is 10.6. The van der Waals surface area contributed by atoms with E-state index in [1.54, 1.807) is 0 Å². The predicted octanol–water partition coefficient (Wildman–Crippen LogP) is 2.25. The van der Waals surface area contributed by atoms with E-state index in [0.29, 0.717) is 17.1 Å². The van der Waals surface area contributed by atoms with Crippen LogP contribution in [0.5, 0.6) is 0 Å². The summed E-state index contributed by atoms with van der Waals surface area (Å²) in [5.41, 5.74) is 0.628. The first-order valence-corrected chi connectivity index (χ1v) is 5.77. The molecule has 1 N–H and O–H groups in total. The molecule has 0 atom stereocenters. The molecule has 14 heavy (non-hydrogen) atoms. The van der Waals surface area contributed by atoms with Crippen molar-refractivity contribution in [3.63, 3.8) is 0 Å². The summed E-state index contributed by atoms with van der Waals surface area (Å²) in [6.45, 7) is 12.7. The van der Waals surface area contributed by atoms with Crippen LogP contribution in [0.2, 0.25) is 0 Å². The van der Waals surface area contributed by atoms with Crippen LogP contribution < -0.4 is 5.32 Å². The molecule has 0 radical (unpaired) electrons. The van der Waals surface area contributed by atoms with Gasteiger partial charge in [0, 0.05) is 17.1 Å². The molecule has 0 aromatic rings. The van der Waals surface area contributed by atoms with Gasteiger partial charge in [-0.05, 0) is 54.1 Å². The SMILES string of the molecule is CCNC1CC(C)(C)N(C)C(C)(C)C1. The molecule has 2 heteroatoms. The number of nitrogens with zero attached hydrogens (tertiary/aromatic N) is 1. The second-order valence-corrected chi connectivity index (χ2v) is 5.85. The molecule has 1 heterocycles. The number of nitrogens with one attached hydrogen (secondary N) is 1. The van der Waals surface area contributed by atoms with Crippen LogP contribution in [0.25, 0.3) is 0 Å². The average Bonchev–Trinajstić information content (AvgIpc) is 1.99. The maximum Gasteiger partial charge on any atom is 0.0170 e. The highest BCUT2D eigenvalue weighted by molar-refractivity contribution is 5.00. The third kappa shape index (κ3) is 2.29. The molecule has 0 spiro atoms. The number of hydrogen-bond donors (Lipinski definition) is 1. The number of likely N-dealkylation sites (tertiary alicyclic amines) is 1. The van der Waals surface area contributed by atoms with Crippen molar-refractivity contribution in [2.24, 2.45) is 0 Å². The second-order valence-electron chi connectivity index (χ2n) is 5.85. The molecule has 0 bridgehead atoms. The fourth-order valence-electron chi connectivity index (χ4n) is 2.80. The Labute approximate surface area is 89.1 Å². The van der Waals surface area contributed by atoms with Crippen LogP contribution in [0.1, 0.15) is 47.5 Å². The van der Waals surface area contributed by atoms with Gasteiger partial charge in [-0.3, -0.25) is 4.90 Å². The van der Waals surface area contributed by atoms with E-state index in [2.05, 4.69) is 51.9 Å². The van der Waals surface area contributed by atoms with Gasteiger partial charge in [-0.1, -0.05) is 6.92 Å². The molecule has 1 aliphatic heterocycles. The standard InChI is InChI=1S/C12H26N2/c1-7-13-10-8-11(2,3)14(6)12(4,5)9-10/h10,13H,7-9H2,1-6H3. The van der Waals surface area contributed by atoms with Gasteiger partial charge >= 0.3 is 0 Å². The normalized spacial score (nSPS) is 27.9. The van der Waals surface area contributed by atoms with Crippen molar-refractivity contribution in [1.29, 1.82) is 0 Å². The third-order valence-electron chi connectivity index (χ3n) is 3.80. The fourth-order valence-corrected chi connectivity index (χ4v) is 2.80. The smallest absolute Gasteiger partial charge is 0.0170 e. The van der Waals surface area contributed by atoms with Crippen molar-refractivity contribution in [3.05, 3.63) is 0 Å². The first-order valence-electron chi connectivity index (χ1n) is 5.77. The van der Waals surface area contributed by atoms with Gasteiger partial charge in [-0.2, -0.15) is 0 Å². The van der Waals surface area contributed by atoms with Gasteiger partial charge in [-0.15, -0.1) is 0 Å². The number of hydrogen-bond acceptors (Lipinski definition) is 2. The van der Waals surface area contributed by atoms with E-state index < -0.39 is 0 Å². The molecular weight excluding hydrogens is 172 g/mol. The van der Waals surface area contributed by atoms with Crippen molar-refractivity contribution in [1.82, 2.24) is 10.2 Å². The highest BCUT2D eigenvalue weighted by atomic mass is 15.2. The van der Waals surface area contributed by atoms with E-state index in [4.69, 9.17) is 0 Å². The summed E-state index contributed by atoms with van der Waals surface area (Å²) in [6, 6.07) is 0.682. The lowest BCUT2D eigenvalue weighted by Gasteiger charge is -2.53. The van der Waals surface area contributed by atoms with Crippen LogP contribution in [0, 0.1) is 0 Å². The second kappa shape index (κ2) is 3.82. The molecule has 84 valence electrons. The Balaban J connectivity index is 2.75. The first-order chi connectivity index (χ1) is 6.29. The maximum atomic E-state index is 3.59. The summed E-state index contributed by atoms with van der Waals surface area (Å²) in [5, 5.41) is 3.59. The van der Waals surface area contributed by atoms with E-state index in [1.807, 2.05) is 0 Å². The molecule has 1 rings (SSSR count). The Hall–Kier alpha value is -0.0800. The molecule has 0 amide bonds. The van der Waals surface area contributed by atoms with Crippen molar-refractivity contribution in [3.8, 4) is 0 Å². The summed E-state index contributed by atoms with van der Waals surface area (Å²) in [5.74, 6) is 0. The van der Waals surface area contributed by atoms with Gasteiger partial charge in [0.25, 0.3) is 0 Å². The van der Waals surface area contributed by atoms with Crippen LogP contribution in [0.3, 0.4) is 0 Å². The Morgan fingerprint density at radius 2 is 1.57 bits per heavy atom. The van der Waals surface area contributed by atoms with Crippen LogP contribution in [-0.4, -0.2) is 35.6 Å². The Bertz CT molecular complexity index is 178. The van der Waals surface area contributed by atoms with Crippen LogP contribution in [0.15, 0.2) is 0 Å². The Morgan fingerprint density at radius 3 is 1.93 bits per heavy atom. The van der Waals surface area contributed by atoms with Crippen LogP contribution in [0.4, 0.5) is 0 Å². The minimum atomic E-state index is 0.314. The summed E-state index contributed by atoms with van der Waals surface area (Å²) in [6.07, 6.45) is 2.50. The molecular formula is C12H26N2. The monoisotopic (exact) mass is 198 g/mol. The zero-order chi connectivity index (χ0) is 11.0. The summed E-state index contributed by atoms with van der Waals surface area (Å²) >= 11 is 0. The lowest BCUT2D eigenvalue weighted by molar-refractivity contribution is -0.0177. The number of piperidine rings is 1. The molecule has 2 nitrogen and oxygen atoms in total. The highest BCUT2D eigenvalue weighted by Crippen LogP contribution is 2.36. The molecule has 0 aromatic carbocycles.